The Morgan fingerprint density at radius 2 is 1.90 bits per heavy atom. The van der Waals surface area contributed by atoms with Crippen molar-refractivity contribution in [3.05, 3.63) is 65.7 Å². The van der Waals surface area contributed by atoms with Crippen molar-refractivity contribution in [3.63, 3.8) is 0 Å². The fourth-order valence-corrected chi connectivity index (χ4v) is 3.14. The number of hydrazine groups is 1. The van der Waals surface area contributed by atoms with Gasteiger partial charge in [-0.15, -0.1) is 0 Å². The van der Waals surface area contributed by atoms with Crippen LogP contribution in [0.15, 0.2) is 54.6 Å². The van der Waals surface area contributed by atoms with Gasteiger partial charge in [0, 0.05) is 25.1 Å². The summed E-state index contributed by atoms with van der Waals surface area (Å²) in [5, 5.41) is 0. The first-order valence-electron chi connectivity index (χ1n) is 9.71. The Hall–Kier alpha value is -3.35. The summed E-state index contributed by atoms with van der Waals surface area (Å²) < 4.78 is 5.51. The van der Waals surface area contributed by atoms with E-state index in [0.717, 1.165) is 12.0 Å². The fraction of sp³-hybridized carbons (Fsp3) is 0.318. The minimum Gasteiger partial charge on any atom is -0.494 e. The summed E-state index contributed by atoms with van der Waals surface area (Å²) in [6.07, 6.45) is 1.00. The van der Waals surface area contributed by atoms with Gasteiger partial charge in [-0.25, -0.2) is 0 Å². The Morgan fingerprint density at radius 3 is 2.66 bits per heavy atom. The van der Waals surface area contributed by atoms with Crippen molar-refractivity contribution in [3.8, 4) is 5.75 Å². The second kappa shape index (κ2) is 9.73. The number of nitrogens with zero attached hydrogens (tertiary/aromatic N) is 1. The average molecular weight is 395 g/mol. The van der Waals surface area contributed by atoms with E-state index in [2.05, 4.69) is 10.9 Å². The van der Waals surface area contributed by atoms with Crippen molar-refractivity contribution in [2.24, 2.45) is 5.92 Å². The predicted octanol–water partition coefficient (Wildman–Crippen LogP) is 2.29. The summed E-state index contributed by atoms with van der Waals surface area (Å²) in [6.45, 7) is 3.37. The highest BCUT2D eigenvalue weighted by molar-refractivity contribution is 5.96. The Balaban J connectivity index is 1.50. The van der Waals surface area contributed by atoms with E-state index in [4.69, 9.17) is 4.74 Å². The van der Waals surface area contributed by atoms with E-state index in [1.807, 2.05) is 37.3 Å². The van der Waals surface area contributed by atoms with Gasteiger partial charge in [-0.2, -0.15) is 0 Å². The topological polar surface area (TPSA) is 87.7 Å². The molecule has 1 atom stereocenters. The molecule has 2 aromatic rings. The third-order valence-electron chi connectivity index (χ3n) is 4.67. The first kappa shape index (κ1) is 20.4. The molecule has 0 spiro atoms. The van der Waals surface area contributed by atoms with Crippen LogP contribution in [-0.4, -0.2) is 35.8 Å². The van der Waals surface area contributed by atoms with Gasteiger partial charge in [0.25, 0.3) is 5.91 Å². The van der Waals surface area contributed by atoms with Crippen LogP contribution in [0.2, 0.25) is 0 Å². The molecule has 29 heavy (non-hydrogen) atoms. The molecule has 7 heteroatoms. The summed E-state index contributed by atoms with van der Waals surface area (Å²) in [4.78, 5) is 38.6. The maximum Gasteiger partial charge on any atom is 0.269 e. The normalized spacial score (nSPS) is 15.8. The van der Waals surface area contributed by atoms with Gasteiger partial charge in [-0.05, 0) is 30.2 Å². The quantitative estimate of drug-likeness (QED) is 0.704. The molecular formula is C22H25N3O4. The molecule has 2 N–H and O–H groups in total. The molecule has 1 aliphatic rings. The number of nitrogens with one attached hydrogen (secondary N) is 2. The molecule has 0 radical (unpaired) electrons. The molecule has 1 heterocycles. The van der Waals surface area contributed by atoms with Gasteiger partial charge in [0.15, 0.2) is 0 Å². The highest BCUT2D eigenvalue weighted by Gasteiger charge is 2.34. The van der Waals surface area contributed by atoms with Crippen molar-refractivity contribution in [1.29, 1.82) is 0 Å². The van der Waals surface area contributed by atoms with E-state index >= 15 is 0 Å². The lowest BCUT2D eigenvalue weighted by molar-refractivity contribution is -0.129. The van der Waals surface area contributed by atoms with Gasteiger partial charge in [0.05, 0.1) is 12.5 Å². The van der Waals surface area contributed by atoms with Crippen molar-refractivity contribution in [2.75, 3.05) is 13.2 Å². The number of carbonyl (C=O) groups is 3. The van der Waals surface area contributed by atoms with E-state index in [0.29, 0.717) is 31.0 Å². The molecule has 152 valence electrons. The largest absolute Gasteiger partial charge is 0.494 e. The molecule has 7 nitrogen and oxygen atoms in total. The monoisotopic (exact) mass is 395 g/mol. The number of benzene rings is 2. The van der Waals surface area contributed by atoms with Crippen LogP contribution in [0, 0.1) is 5.92 Å². The maximum absolute atomic E-state index is 12.4. The Bertz CT molecular complexity index is 869. The van der Waals surface area contributed by atoms with Crippen molar-refractivity contribution in [2.45, 2.75) is 26.3 Å². The lowest BCUT2D eigenvalue weighted by atomic mass is 10.1. The lowest BCUT2D eigenvalue weighted by Crippen LogP contribution is -2.45. The van der Waals surface area contributed by atoms with Crippen LogP contribution >= 0.6 is 0 Å². The molecule has 1 saturated heterocycles. The highest BCUT2D eigenvalue weighted by atomic mass is 16.5. The molecule has 0 bridgehead atoms. The lowest BCUT2D eigenvalue weighted by Gasteiger charge is -2.16. The standard InChI is InChI=1S/C22H25N3O4/c1-2-11-29-19-10-6-9-17(12-19)21(27)23-24-22(28)18-13-20(26)25(15-18)14-16-7-4-3-5-8-16/h3-10,12,18H,2,11,13-15H2,1H3,(H,23,27)(H,24,28). The van der Waals surface area contributed by atoms with Crippen LogP contribution in [0.3, 0.4) is 0 Å². The van der Waals surface area contributed by atoms with Gasteiger partial charge in [-0.3, -0.25) is 25.2 Å². The number of likely N-dealkylation sites (tertiary alicyclic amines) is 1. The molecule has 2 aromatic carbocycles. The first-order valence-corrected chi connectivity index (χ1v) is 9.71. The van der Waals surface area contributed by atoms with E-state index in [1.54, 1.807) is 29.2 Å². The van der Waals surface area contributed by atoms with Crippen LogP contribution in [-0.2, 0) is 16.1 Å². The van der Waals surface area contributed by atoms with Crippen LogP contribution in [0.5, 0.6) is 5.75 Å². The average Bonchev–Trinajstić information content (AvgIpc) is 3.11. The Kier molecular flexibility index (Phi) is 6.84. The summed E-state index contributed by atoms with van der Waals surface area (Å²) >= 11 is 0. The van der Waals surface area contributed by atoms with Gasteiger partial charge >= 0.3 is 0 Å². The zero-order valence-corrected chi connectivity index (χ0v) is 16.4. The van der Waals surface area contributed by atoms with E-state index in [9.17, 15) is 14.4 Å². The second-order valence-electron chi connectivity index (χ2n) is 6.98. The Labute approximate surface area is 170 Å². The second-order valence-corrected chi connectivity index (χ2v) is 6.98. The van der Waals surface area contributed by atoms with Gasteiger partial charge in [0.1, 0.15) is 5.75 Å². The summed E-state index contributed by atoms with van der Waals surface area (Å²) in [5.41, 5.74) is 6.24. The molecule has 0 saturated carbocycles. The predicted molar refractivity (Wildman–Crippen MR) is 108 cm³/mol. The third kappa shape index (κ3) is 5.57. The number of hydrogen-bond donors (Lipinski definition) is 2. The van der Waals surface area contributed by atoms with Crippen molar-refractivity contribution >= 4 is 17.7 Å². The number of hydrogen-bond acceptors (Lipinski definition) is 4. The van der Waals surface area contributed by atoms with Gasteiger partial charge in [-0.1, -0.05) is 43.3 Å². The van der Waals surface area contributed by atoms with Crippen LogP contribution < -0.4 is 15.6 Å². The molecule has 1 fully saturated rings. The highest BCUT2D eigenvalue weighted by Crippen LogP contribution is 2.20. The first-order chi connectivity index (χ1) is 14.1. The molecular weight excluding hydrogens is 370 g/mol. The van der Waals surface area contributed by atoms with Crippen molar-refractivity contribution < 1.29 is 19.1 Å². The SMILES string of the molecule is CCCOc1cccc(C(=O)NNC(=O)C2CC(=O)N(Cc3ccccc3)C2)c1. The van der Waals surface area contributed by atoms with Crippen LogP contribution in [0.25, 0.3) is 0 Å². The minimum atomic E-state index is -0.495. The van der Waals surface area contributed by atoms with E-state index in [-0.39, 0.29) is 18.2 Å². The molecule has 1 unspecified atom stereocenters. The molecule has 3 rings (SSSR count). The van der Waals surface area contributed by atoms with Crippen LogP contribution in [0.4, 0.5) is 0 Å². The summed E-state index contributed by atoms with van der Waals surface area (Å²) in [5.74, 6) is -0.776. The fourth-order valence-electron chi connectivity index (χ4n) is 3.14. The smallest absolute Gasteiger partial charge is 0.269 e. The summed E-state index contributed by atoms with van der Waals surface area (Å²) in [6, 6.07) is 16.4. The van der Waals surface area contributed by atoms with Gasteiger partial charge < -0.3 is 9.64 Å². The minimum absolute atomic E-state index is 0.0684. The molecule has 3 amide bonds. The number of rotatable bonds is 7. The third-order valence-corrected chi connectivity index (χ3v) is 4.67. The summed E-state index contributed by atoms with van der Waals surface area (Å²) in [7, 11) is 0. The molecule has 0 aromatic heterocycles. The zero-order chi connectivity index (χ0) is 20.6. The Morgan fingerprint density at radius 1 is 1.10 bits per heavy atom. The maximum atomic E-state index is 12.4. The molecule has 1 aliphatic heterocycles. The van der Waals surface area contributed by atoms with Crippen molar-refractivity contribution in [1.82, 2.24) is 15.8 Å². The zero-order valence-electron chi connectivity index (χ0n) is 16.4. The number of carbonyl (C=O) groups excluding carboxylic acids is 3. The van der Waals surface area contributed by atoms with E-state index in [1.165, 1.54) is 0 Å². The molecule has 0 aliphatic carbocycles. The number of ether oxygens (including phenoxy) is 1. The number of amides is 3. The van der Waals surface area contributed by atoms with E-state index < -0.39 is 11.8 Å². The van der Waals surface area contributed by atoms with Gasteiger partial charge in [0.2, 0.25) is 11.8 Å². The van der Waals surface area contributed by atoms with Crippen LogP contribution in [0.1, 0.15) is 35.7 Å².